The standard InChI is InChI=1S/C16H21Cl2N5O2/c1-3-19-15(20-6-7-23-14(24)9-21-16(23)25)22(2)10-11-4-5-12(17)13(18)8-11/h4-5,8H,3,6-7,9-10H2,1-2H3,(H,19,20)(H,21,25). The molecule has 7 nitrogen and oxygen atoms in total. The van der Waals surface area contributed by atoms with Gasteiger partial charge in [-0.25, -0.2) is 4.79 Å². The smallest absolute Gasteiger partial charge is 0.324 e. The van der Waals surface area contributed by atoms with E-state index in [2.05, 4.69) is 15.6 Å². The molecule has 0 radical (unpaired) electrons. The Balaban J connectivity index is 1.98. The number of hydrogen-bond donors (Lipinski definition) is 2. The Labute approximate surface area is 157 Å². The van der Waals surface area contributed by atoms with Gasteiger partial charge in [0.05, 0.1) is 29.7 Å². The van der Waals surface area contributed by atoms with Crippen molar-refractivity contribution in [1.29, 1.82) is 0 Å². The number of nitrogens with one attached hydrogen (secondary N) is 2. The van der Waals surface area contributed by atoms with Crippen LogP contribution in [0, 0.1) is 0 Å². The van der Waals surface area contributed by atoms with E-state index in [0.29, 0.717) is 35.6 Å². The monoisotopic (exact) mass is 385 g/mol. The van der Waals surface area contributed by atoms with Crippen LogP contribution in [0.15, 0.2) is 23.2 Å². The fraction of sp³-hybridized carbons (Fsp3) is 0.438. The van der Waals surface area contributed by atoms with Gasteiger partial charge in [0.25, 0.3) is 0 Å². The molecule has 0 aromatic heterocycles. The van der Waals surface area contributed by atoms with Crippen molar-refractivity contribution < 1.29 is 9.59 Å². The topological polar surface area (TPSA) is 77.0 Å². The fourth-order valence-corrected chi connectivity index (χ4v) is 2.71. The van der Waals surface area contributed by atoms with E-state index >= 15 is 0 Å². The SMILES string of the molecule is CCNC(=NCCN1C(=O)CNC1=O)N(C)Cc1ccc(Cl)c(Cl)c1. The molecule has 0 spiro atoms. The minimum Gasteiger partial charge on any atom is -0.357 e. The summed E-state index contributed by atoms with van der Waals surface area (Å²) in [6.07, 6.45) is 0. The summed E-state index contributed by atoms with van der Waals surface area (Å²) in [4.78, 5) is 30.7. The zero-order valence-electron chi connectivity index (χ0n) is 14.2. The Hall–Kier alpha value is -1.99. The van der Waals surface area contributed by atoms with Crippen molar-refractivity contribution >= 4 is 41.1 Å². The van der Waals surface area contributed by atoms with E-state index in [1.165, 1.54) is 4.90 Å². The van der Waals surface area contributed by atoms with E-state index < -0.39 is 0 Å². The van der Waals surface area contributed by atoms with E-state index in [-0.39, 0.29) is 25.0 Å². The normalized spacial score (nSPS) is 14.7. The highest BCUT2D eigenvalue weighted by atomic mass is 35.5. The molecule has 0 bridgehead atoms. The average Bonchev–Trinajstić information content (AvgIpc) is 2.89. The molecular weight excluding hydrogens is 365 g/mol. The largest absolute Gasteiger partial charge is 0.357 e. The maximum atomic E-state index is 11.6. The van der Waals surface area contributed by atoms with E-state index in [0.717, 1.165) is 5.56 Å². The molecule has 0 saturated carbocycles. The average molecular weight is 386 g/mol. The van der Waals surface area contributed by atoms with Crippen LogP contribution in [0.25, 0.3) is 0 Å². The van der Waals surface area contributed by atoms with E-state index in [1.807, 2.05) is 31.0 Å². The molecule has 1 fully saturated rings. The van der Waals surface area contributed by atoms with Crippen LogP contribution < -0.4 is 10.6 Å². The summed E-state index contributed by atoms with van der Waals surface area (Å²) in [7, 11) is 1.90. The number of hydrogen-bond acceptors (Lipinski definition) is 3. The van der Waals surface area contributed by atoms with Gasteiger partial charge >= 0.3 is 6.03 Å². The first-order valence-electron chi connectivity index (χ1n) is 7.94. The number of benzene rings is 1. The van der Waals surface area contributed by atoms with Crippen LogP contribution >= 0.6 is 23.2 Å². The van der Waals surface area contributed by atoms with Crippen molar-refractivity contribution in [1.82, 2.24) is 20.4 Å². The summed E-state index contributed by atoms with van der Waals surface area (Å²) in [5.74, 6) is 0.454. The third kappa shape index (κ3) is 5.24. The molecule has 3 amide bonds. The Bertz CT molecular complexity index is 664. The molecule has 2 rings (SSSR count). The molecule has 1 aromatic rings. The molecule has 1 aliphatic rings. The van der Waals surface area contributed by atoms with E-state index in [9.17, 15) is 9.59 Å². The number of rotatable bonds is 6. The third-order valence-electron chi connectivity index (χ3n) is 3.62. The van der Waals surface area contributed by atoms with Crippen LogP contribution in [-0.2, 0) is 11.3 Å². The molecule has 1 saturated heterocycles. The Morgan fingerprint density at radius 1 is 1.36 bits per heavy atom. The fourth-order valence-electron chi connectivity index (χ4n) is 2.39. The van der Waals surface area contributed by atoms with Crippen LogP contribution in [0.4, 0.5) is 4.79 Å². The second-order valence-corrected chi connectivity index (χ2v) is 6.36. The number of urea groups is 1. The first-order chi connectivity index (χ1) is 11.9. The maximum absolute atomic E-state index is 11.6. The summed E-state index contributed by atoms with van der Waals surface area (Å²) in [6.45, 7) is 3.90. The second-order valence-electron chi connectivity index (χ2n) is 5.54. The zero-order chi connectivity index (χ0) is 18.4. The summed E-state index contributed by atoms with van der Waals surface area (Å²) in [5.41, 5.74) is 0.997. The van der Waals surface area contributed by atoms with E-state index in [1.54, 1.807) is 6.07 Å². The van der Waals surface area contributed by atoms with Crippen molar-refractivity contribution in [2.75, 3.05) is 33.2 Å². The molecule has 9 heteroatoms. The summed E-state index contributed by atoms with van der Waals surface area (Å²) < 4.78 is 0. The number of amides is 3. The van der Waals surface area contributed by atoms with Gasteiger partial charge in [-0.2, -0.15) is 0 Å². The van der Waals surface area contributed by atoms with Crippen LogP contribution in [0.2, 0.25) is 10.0 Å². The Morgan fingerprint density at radius 2 is 2.12 bits per heavy atom. The van der Waals surface area contributed by atoms with Gasteiger partial charge in [-0.1, -0.05) is 29.3 Å². The lowest BCUT2D eigenvalue weighted by Gasteiger charge is -2.22. The summed E-state index contributed by atoms with van der Waals surface area (Å²) >= 11 is 12.0. The summed E-state index contributed by atoms with van der Waals surface area (Å²) in [6, 6.07) is 5.11. The quantitative estimate of drug-likeness (QED) is 0.445. The van der Waals surface area contributed by atoms with Gasteiger partial charge in [0.1, 0.15) is 0 Å². The summed E-state index contributed by atoms with van der Waals surface area (Å²) in [5, 5.41) is 6.70. The minimum atomic E-state index is -0.366. The number of aliphatic imine (C=N–C) groups is 1. The highest BCUT2D eigenvalue weighted by Crippen LogP contribution is 2.23. The molecule has 1 aliphatic heterocycles. The lowest BCUT2D eigenvalue weighted by molar-refractivity contribution is -0.124. The molecule has 0 atom stereocenters. The highest BCUT2D eigenvalue weighted by Gasteiger charge is 2.27. The van der Waals surface area contributed by atoms with Crippen molar-refractivity contribution in [3.63, 3.8) is 0 Å². The van der Waals surface area contributed by atoms with Gasteiger partial charge in [0.2, 0.25) is 5.91 Å². The van der Waals surface area contributed by atoms with Crippen molar-refractivity contribution in [2.45, 2.75) is 13.5 Å². The highest BCUT2D eigenvalue weighted by molar-refractivity contribution is 6.42. The van der Waals surface area contributed by atoms with Crippen LogP contribution in [0.3, 0.4) is 0 Å². The van der Waals surface area contributed by atoms with Crippen LogP contribution in [0.5, 0.6) is 0 Å². The zero-order valence-corrected chi connectivity index (χ0v) is 15.7. The molecule has 136 valence electrons. The number of halogens is 2. The van der Waals surface area contributed by atoms with Crippen molar-refractivity contribution in [2.24, 2.45) is 4.99 Å². The molecule has 1 aromatic carbocycles. The van der Waals surface area contributed by atoms with Gasteiger partial charge in [-0.3, -0.25) is 14.7 Å². The lowest BCUT2D eigenvalue weighted by Crippen LogP contribution is -2.39. The second kappa shape index (κ2) is 8.92. The predicted octanol–water partition coefficient (Wildman–Crippen LogP) is 1.94. The molecule has 1 heterocycles. The molecule has 25 heavy (non-hydrogen) atoms. The lowest BCUT2D eigenvalue weighted by atomic mass is 10.2. The van der Waals surface area contributed by atoms with Gasteiger partial charge in [-0.05, 0) is 24.6 Å². The molecule has 0 unspecified atom stereocenters. The van der Waals surface area contributed by atoms with Gasteiger partial charge in [-0.15, -0.1) is 0 Å². The van der Waals surface area contributed by atoms with Crippen LogP contribution in [-0.4, -0.2) is 60.9 Å². The number of guanidine groups is 1. The maximum Gasteiger partial charge on any atom is 0.324 e. The predicted molar refractivity (Wildman–Crippen MR) is 99.0 cm³/mol. The van der Waals surface area contributed by atoms with Gasteiger partial charge in [0.15, 0.2) is 5.96 Å². The Morgan fingerprint density at radius 3 is 2.72 bits per heavy atom. The molecular formula is C16H21Cl2N5O2. The van der Waals surface area contributed by atoms with Gasteiger partial charge < -0.3 is 15.5 Å². The van der Waals surface area contributed by atoms with Crippen LogP contribution in [0.1, 0.15) is 12.5 Å². The number of carbonyl (C=O) groups is 2. The first-order valence-corrected chi connectivity index (χ1v) is 8.69. The molecule has 0 aliphatic carbocycles. The number of imide groups is 1. The van der Waals surface area contributed by atoms with E-state index in [4.69, 9.17) is 23.2 Å². The number of carbonyl (C=O) groups excluding carboxylic acids is 2. The first kappa shape index (κ1) is 19.3. The number of nitrogens with zero attached hydrogens (tertiary/aromatic N) is 3. The Kier molecular flexibility index (Phi) is 6.90. The van der Waals surface area contributed by atoms with Crippen molar-refractivity contribution in [3.05, 3.63) is 33.8 Å². The minimum absolute atomic E-state index is 0.0554. The van der Waals surface area contributed by atoms with Crippen molar-refractivity contribution in [3.8, 4) is 0 Å². The third-order valence-corrected chi connectivity index (χ3v) is 4.36. The van der Waals surface area contributed by atoms with Gasteiger partial charge in [0, 0.05) is 20.1 Å². The molecule has 2 N–H and O–H groups in total.